The van der Waals surface area contributed by atoms with Crippen molar-refractivity contribution in [3.63, 3.8) is 0 Å². The van der Waals surface area contributed by atoms with Gasteiger partial charge in [0.1, 0.15) is 5.69 Å². The molecule has 1 aromatic heterocycles. The van der Waals surface area contributed by atoms with Crippen LogP contribution in [0.3, 0.4) is 0 Å². The second-order valence-corrected chi connectivity index (χ2v) is 5.36. The molecule has 104 valence electrons. The summed E-state index contributed by atoms with van der Waals surface area (Å²) in [5.41, 5.74) is 7.39. The number of carbonyl (C=O) groups excluding carboxylic acids is 1. The SMILES string of the molecule is CC1CCN(c2ccnc(C(=O)N(C)C)c2)C1CN. The summed E-state index contributed by atoms with van der Waals surface area (Å²) < 4.78 is 0. The second-order valence-electron chi connectivity index (χ2n) is 5.36. The quantitative estimate of drug-likeness (QED) is 0.881. The summed E-state index contributed by atoms with van der Waals surface area (Å²) in [4.78, 5) is 19.9. The summed E-state index contributed by atoms with van der Waals surface area (Å²) in [6.45, 7) is 3.85. The largest absolute Gasteiger partial charge is 0.367 e. The van der Waals surface area contributed by atoms with Crippen LogP contribution < -0.4 is 10.6 Å². The zero-order valence-corrected chi connectivity index (χ0v) is 11.8. The van der Waals surface area contributed by atoms with Crippen molar-refractivity contribution >= 4 is 11.6 Å². The molecular formula is C14H22N4O. The van der Waals surface area contributed by atoms with Crippen LogP contribution in [-0.2, 0) is 0 Å². The first-order valence-corrected chi connectivity index (χ1v) is 6.69. The summed E-state index contributed by atoms with van der Waals surface area (Å²) in [5, 5.41) is 0. The molecule has 2 rings (SSSR count). The number of nitrogens with zero attached hydrogens (tertiary/aromatic N) is 3. The zero-order valence-electron chi connectivity index (χ0n) is 11.8. The molecule has 1 saturated heterocycles. The number of anilines is 1. The van der Waals surface area contributed by atoms with Gasteiger partial charge in [-0.2, -0.15) is 0 Å². The first kappa shape index (κ1) is 13.8. The van der Waals surface area contributed by atoms with Crippen molar-refractivity contribution in [2.45, 2.75) is 19.4 Å². The van der Waals surface area contributed by atoms with E-state index in [1.165, 1.54) is 0 Å². The molecule has 1 aliphatic heterocycles. The fourth-order valence-electron chi connectivity index (χ4n) is 2.63. The third-order valence-corrected chi connectivity index (χ3v) is 3.82. The molecule has 5 nitrogen and oxygen atoms in total. The number of pyridine rings is 1. The van der Waals surface area contributed by atoms with E-state index in [0.717, 1.165) is 18.7 Å². The summed E-state index contributed by atoms with van der Waals surface area (Å²) >= 11 is 0. The molecule has 0 saturated carbocycles. The number of nitrogens with two attached hydrogens (primary N) is 1. The maximum Gasteiger partial charge on any atom is 0.272 e. The van der Waals surface area contributed by atoms with Crippen molar-refractivity contribution in [1.29, 1.82) is 0 Å². The highest BCUT2D eigenvalue weighted by Crippen LogP contribution is 2.29. The van der Waals surface area contributed by atoms with Crippen molar-refractivity contribution in [2.24, 2.45) is 11.7 Å². The molecule has 2 N–H and O–H groups in total. The molecule has 2 atom stereocenters. The van der Waals surface area contributed by atoms with E-state index in [9.17, 15) is 4.79 Å². The molecule has 0 spiro atoms. The molecule has 19 heavy (non-hydrogen) atoms. The molecule has 0 aromatic carbocycles. The highest BCUT2D eigenvalue weighted by atomic mass is 16.2. The van der Waals surface area contributed by atoms with Gasteiger partial charge in [-0.15, -0.1) is 0 Å². The molecule has 0 bridgehead atoms. The Hall–Kier alpha value is -1.62. The summed E-state index contributed by atoms with van der Waals surface area (Å²) in [5.74, 6) is 0.518. The highest BCUT2D eigenvalue weighted by Gasteiger charge is 2.30. The Morgan fingerprint density at radius 1 is 1.58 bits per heavy atom. The first-order chi connectivity index (χ1) is 9.04. The molecule has 2 unspecified atom stereocenters. The van der Waals surface area contributed by atoms with E-state index in [1.807, 2.05) is 12.1 Å². The Labute approximate surface area is 114 Å². The topological polar surface area (TPSA) is 62.5 Å². The van der Waals surface area contributed by atoms with Crippen LogP contribution in [-0.4, -0.2) is 49.0 Å². The number of aromatic nitrogens is 1. The molecule has 1 amide bonds. The van der Waals surface area contributed by atoms with Crippen LogP contribution in [0.25, 0.3) is 0 Å². The maximum absolute atomic E-state index is 11.9. The minimum atomic E-state index is -0.0709. The van der Waals surface area contributed by atoms with Gasteiger partial charge in [0.15, 0.2) is 0 Å². The van der Waals surface area contributed by atoms with E-state index in [4.69, 9.17) is 5.73 Å². The second kappa shape index (κ2) is 5.57. The normalized spacial score (nSPS) is 22.6. The average molecular weight is 262 g/mol. The minimum Gasteiger partial charge on any atom is -0.367 e. The Kier molecular flexibility index (Phi) is 4.04. The molecule has 1 aliphatic rings. The van der Waals surface area contributed by atoms with Gasteiger partial charge in [0.05, 0.1) is 0 Å². The van der Waals surface area contributed by atoms with Crippen LogP contribution in [0.4, 0.5) is 5.69 Å². The van der Waals surface area contributed by atoms with E-state index in [1.54, 1.807) is 25.2 Å². The van der Waals surface area contributed by atoms with Crippen LogP contribution >= 0.6 is 0 Å². The predicted octanol–water partition coefficient (Wildman–Crippen LogP) is 0.957. The van der Waals surface area contributed by atoms with Crippen molar-refractivity contribution in [3.8, 4) is 0 Å². The van der Waals surface area contributed by atoms with E-state index in [-0.39, 0.29) is 5.91 Å². The van der Waals surface area contributed by atoms with Crippen molar-refractivity contribution < 1.29 is 4.79 Å². The zero-order chi connectivity index (χ0) is 14.0. The molecular weight excluding hydrogens is 240 g/mol. The third-order valence-electron chi connectivity index (χ3n) is 3.82. The van der Waals surface area contributed by atoms with Gasteiger partial charge in [-0.1, -0.05) is 6.92 Å². The van der Waals surface area contributed by atoms with Crippen LogP contribution in [0.2, 0.25) is 0 Å². The molecule has 0 radical (unpaired) electrons. The molecule has 2 heterocycles. The Balaban J connectivity index is 2.26. The lowest BCUT2D eigenvalue weighted by Gasteiger charge is -2.28. The lowest BCUT2D eigenvalue weighted by Crippen LogP contribution is -2.38. The lowest BCUT2D eigenvalue weighted by molar-refractivity contribution is 0.0822. The fraction of sp³-hybridized carbons (Fsp3) is 0.571. The van der Waals surface area contributed by atoms with Gasteiger partial charge in [0.25, 0.3) is 5.91 Å². The van der Waals surface area contributed by atoms with Gasteiger partial charge >= 0.3 is 0 Å². The fourth-order valence-corrected chi connectivity index (χ4v) is 2.63. The standard InChI is InChI=1S/C14H22N4O/c1-10-5-7-18(13(10)9-15)11-4-6-16-12(8-11)14(19)17(2)3/h4,6,8,10,13H,5,7,9,15H2,1-3H3. The predicted molar refractivity (Wildman–Crippen MR) is 76.2 cm³/mol. The minimum absolute atomic E-state index is 0.0709. The Morgan fingerprint density at radius 2 is 2.32 bits per heavy atom. The van der Waals surface area contributed by atoms with E-state index < -0.39 is 0 Å². The molecule has 0 aliphatic carbocycles. The molecule has 1 aromatic rings. The maximum atomic E-state index is 11.9. The van der Waals surface area contributed by atoms with Crippen LogP contribution in [0.5, 0.6) is 0 Å². The number of rotatable bonds is 3. The van der Waals surface area contributed by atoms with E-state index >= 15 is 0 Å². The van der Waals surface area contributed by atoms with Crippen molar-refractivity contribution in [3.05, 3.63) is 24.0 Å². The number of carbonyl (C=O) groups is 1. The monoisotopic (exact) mass is 262 g/mol. The first-order valence-electron chi connectivity index (χ1n) is 6.69. The van der Waals surface area contributed by atoms with E-state index in [0.29, 0.717) is 24.2 Å². The average Bonchev–Trinajstić information content (AvgIpc) is 2.79. The van der Waals surface area contributed by atoms with Crippen LogP contribution in [0.15, 0.2) is 18.3 Å². The summed E-state index contributed by atoms with van der Waals surface area (Å²) in [6.07, 6.45) is 2.84. The summed E-state index contributed by atoms with van der Waals surface area (Å²) in [7, 11) is 3.47. The van der Waals surface area contributed by atoms with Gasteiger partial charge in [-0.3, -0.25) is 9.78 Å². The van der Waals surface area contributed by atoms with Crippen LogP contribution in [0.1, 0.15) is 23.8 Å². The lowest BCUT2D eigenvalue weighted by atomic mass is 10.0. The van der Waals surface area contributed by atoms with Gasteiger partial charge in [-0.25, -0.2) is 0 Å². The van der Waals surface area contributed by atoms with Gasteiger partial charge in [0, 0.05) is 45.1 Å². The van der Waals surface area contributed by atoms with Crippen LogP contribution in [0, 0.1) is 5.92 Å². The van der Waals surface area contributed by atoms with Gasteiger partial charge < -0.3 is 15.5 Å². The van der Waals surface area contributed by atoms with Crippen molar-refractivity contribution in [2.75, 3.05) is 32.1 Å². The highest BCUT2D eigenvalue weighted by molar-refractivity contribution is 5.92. The molecule has 1 fully saturated rings. The number of hydrogen-bond donors (Lipinski definition) is 1. The Bertz CT molecular complexity index is 461. The third kappa shape index (κ3) is 2.71. The molecule has 5 heteroatoms. The van der Waals surface area contributed by atoms with Gasteiger partial charge in [-0.05, 0) is 24.5 Å². The smallest absolute Gasteiger partial charge is 0.272 e. The van der Waals surface area contributed by atoms with Crippen molar-refractivity contribution in [1.82, 2.24) is 9.88 Å². The summed E-state index contributed by atoms with van der Waals surface area (Å²) in [6, 6.07) is 4.17. The Morgan fingerprint density at radius 3 is 2.95 bits per heavy atom. The van der Waals surface area contributed by atoms with Gasteiger partial charge in [0.2, 0.25) is 0 Å². The van der Waals surface area contributed by atoms with E-state index in [2.05, 4.69) is 16.8 Å². The number of hydrogen-bond acceptors (Lipinski definition) is 4. The number of amides is 1.